The van der Waals surface area contributed by atoms with Crippen LogP contribution in [0.2, 0.25) is 5.02 Å². The maximum absolute atomic E-state index is 9.36. The molecule has 1 unspecified atom stereocenters. The van der Waals surface area contributed by atoms with Crippen LogP contribution in [0.5, 0.6) is 0 Å². The summed E-state index contributed by atoms with van der Waals surface area (Å²) < 4.78 is 0. The lowest BCUT2D eigenvalue weighted by atomic mass is 10.0. The van der Waals surface area contributed by atoms with Gasteiger partial charge in [-0.25, -0.2) is 4.98 Å². The summed E-state index contributed by atoms with van der Waals surface area (Å²) in [5.41, 5.74) is 0.430. The molecule has 17 heavy (non-hydrogen) atoms. The molecule has 0 amide bonds. The molecule has 0 bridgehead atoms. The highest BCUT2D eigenvalue weighted by Gasteiger charge is 2.25. The SMILES string of the molecule is N#Cc1ccnc(N2CCCCC2CO)c1Cl. The summed E-state index contributed by atoms with van der Waals surface area (Å²) in [5.74, 6) is 0.615. The van der Waals surface area contributed by atoms with Crippen LogP contribution in [0.25, 0.3) is 0 Å². The van der Waals surface area contributed by atoms with Crippen LogP contribution in [0.3, 0.4) is 0 Å². The van der Waals surface area contributed by atoms with Crippen molar-refractivity contribution in [1.82, 2.24) is 4.98 Å². The molecule has 90 valence electrons. The molecule has 4 nitrogen and oxygen atoms in total. The molecule has 1 atom stereocenters. The molecule has 0 aliphatic carbocycles. The summed E-state index contributed by atoms with van der Waals surface area (Å²) in [6, 6.07) is 3.71. The fourth-order valence-corrected chi connectivity index (χ4v) is 2.45. The quantitative estimate of drug-likeness (QED) is 0.873. The highest BCUT2D eigenvalue weighted by Crippen LogP contribution is 2.30. The van der Waals surface area contributed by atoms with Crippen LogP contribution in [0.1, 0.15) is 24.8 Å². The maximum Gasteiger partial charge on any atom is 0.149 e. The monoisotopic (exact) mass is 251 g/mol. The first-order valence-electron chi connectivity index (χ1n) is 5.70. The van der Waals surface area contributed by atoms with Crippen LogP contribution < -0.4 is 4.90 Å². The van der Waals surface area contributed by atoms with Crippen LogP contribution >= 0.6 is 11.6 Å². The minimum atomic E-state index is 0.0580. The van der Waals surface area contributed by atoms with Gasteiger partial charge in [0, 0.05) is 12.7 Å². The second kappa shape index (κ2) is 5.35. The summed E-state index contributed by atoms with van der Waals surface area (Å²) in [4.78, 5) is 6.25. The number of hydrogen-bond donors (Lipinski definition) is 1. The first-order chi connectivity index (χ1) is 8.27. The number of nitriles is 1. The molecule has 1 aliphatic heterocycles. The summed E-state index contributed by atoms with van der Waals surface area (Å²) in [5, 5.41) is 18.7. The average molecular weight is 252 g/mol. The lowest BCUT2D eigenvalue weighted by Crippen LogP contribution is -2.42. The van der Waals surface area contributed by atoms with E-state index >= 15 is 0 Å². The summed E-state index contributed by atoms with van der Waals surface area (Å²) in [7, 11) is 0. The maximum atomic E-state index is 9.36. The fraction of sp³-hybridized carbons (Fsp3) is 0.500. The van der Waals surface area contributed by atoms with E-state index in [1.54, 1.807) is 12.3 Å². The second-order valence-corrected chi connectivity index (χ2v) is 4.51. The standard InChI is InChI=1S/C12H14ClN3O/c13-11-9(7-14)4-5-15-12(11)16-6-2-1-3-10(16)8-17/h4-5,10,17H,1-3,6,8H2. The summed E-state index contributed by atoms with van der Waals surface area (Å²) >= 11 is 6.16. The van der Waals surface area contributed by atoms with Gasteiger partial charge in [0.25, 0.3) is 0 Å². The van der Waals surface area contributed by atoms with Gasteiger partial charge in [-0.05, 0) is 25.3 Å². The van der Waals surface area contributed by atoms with Crippen LogP contribution in [-0.4, -0.2) is 29.3 Å². The van der Waals surface area contributed by atoms with Gasteiger partial charge in [-0.1, -0.05) is 11.6 Å². The molecule has 1 saturated heterocycles. The highest BCUT2D eigenvalue weighted by atomic mass is 35.5. The Hall–Kier alpha value is -1.31. The Morgan fingerprint density at radius 3 is 3.12 bits per heavy atom. The van der Waals surface area contributed by atoms with E-state index in [0.29, 0.717) is 16.4 Å². The molecule has 1 N–H and O–H groups in total. The molecule has 0 saturated carbocycles. The number of piperidine rings is 1. The van der Waals surface area contributed by atoms with Crippen molar-refractivity contribution >= 4 is 17.4 Å². The summed E-state index contributed by atoms with van der Waals surface area (Å²) in [6.07, 6.45) is 4.69. The van der Waals surface area contributed by atoms with Gasteiger partial charge in [-0.3, -0.25) is 0 Å². The van der Waals surface area contributed by atoms with Gasteiger partial charge in [0.1, 0.15) is 16.9 Å². The van der Waals surface area contributed by atoms with Crippen LogP contribution in [0, 0.1) is 11.3 Å². The van der Waals surface area contributed by atoms with Crippen molar-refractivity contribution in [2.45, 2.75) is 25.3 Å². The molecule has 0 aromatic carbocycles. The number of aliphatic hydroxyl groups is 1. The van der Waals surface area contributed by atoms with Crippen molar-refractivity contribution in [2.24, 2.45) is 0 Å². The summed E-state index contributed by atoms with van der Waals surface area (Å²) in [6.45, 7) is 0.918. The Labute approximate surface area is 105 Å². The minimum absolute atomic E-state index is 0.0580. The minimum Gasteiger partial charge on any atom is -0.394 e. The Morgan fingerprint density at radius 2 is 2.41 bits per heavy atom. The molecular formula is C12H14ClN3O. The zero-order valence-electron chi connectivity index (χ0n) is 9.43. The van der Waals surface area contributed by atoms with Crippen molar-refractivity contribution in [3.05, 3.63) is 22.8 Å². The smallest absolute Gasteiger partial charge is 0.149 e. The third kappa shape index (κ3) is 2.36. The highest BCUT2D eigenvalue weighted by molar-refractivity contribution is 6.34. The zero-order valence-corrected chi connectivity index (χ0v) is 10.2. The Kier molecular flexibility index (Phi) is 3.82. The van der Waals surface area contributed by atoms with E-state index < -0.39 is 0 Å². The topological polar surface area (TPSA) is 60.2 Å². The molecule has 1 aromatic heterocycles. The molecule has 2 rings (SSSR count). The van der Waals surface area contributed by atoms with Crippen LogP contribution in [-0.2, 0) is 0 Å². The van der Waals surface area contributed by atoms with Gasteiger partial charge >= 0.3 is 0 Å². The van der Waals surface area contributed by atoms with Crippen molar-refractivity contribution in [3.8, 4) is 6.07 Å². The predicted molar refractivity (Wildman–Crippen MR) is 66.0 cm³/mol. The second-order valence-electron chi connectivity index (χ2n) is 4.13. The van der Waals surface area contributed by atoms with E-state index in [2.05, 4.69) is 4.98 Å². The Bertz CT molecular complexity index is 444. The first kappa shape index (κ1) is 12.2. The fourth-order valence-electron chi connectivity index (χ4n) is 2.19. The molecule has 2 heterocycles. The largest absolute Gasteiger partial charge is 0.394 e. The van der Waals surface area contributed by atoms with Gasteiger partial charge in [0.05, 0.1) is 18.2 Å². The Morgan fingerprint density at radius 1 is 1.59 bits per heavy atom. The van der Waals surface area contributed by atoms with Gasteiger partial charge in [-0.15, -0.1) is 0 Å². The first-order valence-corrected chi connectivity index (χ1v) is 6.08. The van der Waals surface area contributed by atoms with Gasteiger partial charge in [0.15, 0.2) is 0 Å². The molecule has 0 radical (unpaired) electrons. The van der Waals surface area contributed by atoms with Crippen molar-refractivity contribution in [3.63, 3.8) is 0 Å². The Balaban J connectivity index is 2.35. The average Bonchev–Trinajstić information content (AvgIpc) is 2.39. The number of halogens is 1. The van der Waals surface area contributed by atoms with Gasteiger partial charge < -0.3 is 10.0 Å². The molecular weight excluding hydrogens is 238 g/mol. The molecule has 1 fully saturated rings. The van der Waals surface area contributed by atoms with Crippen molar-refractivity contribution in [2.75, 3.05) is 18.1 Å². The lowest BCUT2D eigenvalue weighted by Gasteiger charge is -2.36. The van der Waals surface area contributed by atoms with Gasteiger partial charge in [-0.2, -0.15) is 5.26 Å². The van der Waals surface area contributed by atoms with Crippen molar-refractivity contribution in [1.29, 1.82) is 5.26 Å². The number of aliphatic hydroxyl groups excluding tert-OH is 1. The predicted octanol–water partition coefficient (Wildman–Crippen LogP) is 1.96. The van der Waals surface area contributed by atoms with E-state index in [9.17, 15) is 5.11 Å². The van der Waals surface area contributed by atoms with E-state index in [-0.39, 0.29) is 12.6 Å². The van der Waals surface area contributed by atoms with Crippen LogP contribution in [0.15, 0.2) is 12.3 Å². The molecule has 1 aromatic rings. The number of rotatable bonds is 2. The molecule has 5 heteroatoms. The molecule has 0 spiro atoms. The lowest BCUT2D eigenvalue weighted by molar-refractivity contribution is 0.239. The van der Waals surface area contributed by atoms with Crippen molar-refractivity contribution < 1.29 is 5.11 Å². The number of anilines is 1. The molecule has 1 aliphatic rings. The zero-order chi connectivity index (χ0) is 12.3. The van der Waals surface area contributed by atoms with E-state index in [1.807, 2.05) is 11.0 Å². The van der Waals surface area contributed by atoms with E-state index in [4.69, 9.17) is 16.9 Å². The number of hydrogen-bond acceptors (Lipinski definition) is 4. The number of pyridine rings is 1. The third-order valence-corrected chi connectivity index (χ3v) is 3.47. The van der Waals surface area contributed by atoms with E-state index in [1.165, 1.54) is 0 Å². The van der Waals surface area contributed by atoms with Gasteiger partial charge in [0.2, 0.25) is 0 Å². The number of nitrogens with zero attached hydrogens (tertiary/aromatic N) is 3. The third-order valence-electron chi connectivity index (χ3n) is 3.10. The normalized spacial score (nSPS) is 20.1. The van der Waals surface area contributed by atoms with E-state index in [0.717, 1.165) is 25.8 Å². The number of aromatic nitrogens is 1. The van der Waals surface area contributed by atoms with Crippen LogP contribution in [0.4, 0.5) is 5.82 Å².